The number of nitrogen functional groups attached to an aromatic ring is 1. The lowest BCUT2D eigenvalue weighted by Gasteiger charge is -2.16. The molecule has 2 heterocycles. The first-order valence-corrected chi connectivity index (χ1v) is 7.87. The molecule has 0 fully saturated rings. The van der Waals surface area contributed by atoms with Crippen LogP contribution in [0.5, 0.6) is 11.5 Å². The van der Waals surface area contributed by atoms with E-state index in [9.17, 15) is 0 Å². The molecular weight excluding hydrogens is 302 g/mol. The molecule has 0 saturated carbocycles. The van der Waals surface area contributed by atoms with Crippen molar-refractivity contribution in [3.63, 3.8) is 0 Å². The molecule has 0 bridgehead atoms. The first-order valence-electron chi connectivity index (χ1n) is 7.87. The van der Waals surface area contributed by atoms with Crippen LogP contribution in [0.25, 0.3) is 22.3 Å². The highest BCUT2D eigenvalue weighted by atomic mass is 16.5. The predicted molar refractivity (Wildman–Crippen MR) is 96.4 cm³/mol. The number of hydrogen-bond acceptors (Lipinski definition) is 5. The van der Waals surface area contributed by atoms with Crippen LogP contribution in [0.1, 0.15) is 19.4 Å². The van der Waals surface area contributed by atoms with E-state index in [1.807, 2.05) is 51.1 Å². The van der Waals surface area contributed by atoms with Gasteiger partial charge in [0.05, 0.1) is 30.1 Å². The van der Waals surface area contributed by atoms with Crippen molar-refractivity contribution in [2.24, 2.45) is 0 Å². The van der Waals surface area contributed by atoms with Crippen LogP contribution < -0.4 is 15.2 Å². The molecule has 1 aromatic carbocycles. The average Bonchev–Trinajstić information content (AvgIpc) is 2.55. The van der Waals surface area contributed by atoms with Gasteiger partial charge in [0.2, 0.25) is 0 Å². The molecule has 0 radical (unpaired) electrons. The van der Waals surface area contributed by atoms with Gasteiger partial charge in [-0.1, -0.05) is 6.07 Å². The molecule has 0 saturated heterocycles. The van der Waals surface area contributed by atoms with E-state index in [-0.39, 0.29) is 6.10 Å². The number of aromatic nitrogens is 2. The molecule has 5 heteroatoms. The topological polar surface area (TPSA) is 70.3 Å². The van der Waals surface area contributed by atoms with E-state index < -0.39 is 0 Å². The Labute approximate surface area is 141 Å². The Bertz CT molecular complexity index is 891. The van der Waals surface area contributed by atoms with Gasteiger partial charge in [0.1, 0.15) is 17.3 Å². The van der Waals surface area contributed by atoms with Crippen LogP contribution in [0.15, 0.2) is 36.4 Å². The average molecular weight is 323 g/mol. The van der Waals surface area contributed by atoms with Crippen molar-refractivity contribution in [1.29, 1.82) is 0 Å². The number of nitrogens with zero attached hydrogens (tertiary/aromatic N) is 2. The molecule has 24 heavy (non-hydrogen) atoms. The second-order valence-electron chi connectivity index (χ2n) is 5.91. The summed E-state index contributed by atoms with van der Waals surface area (Å²) < 4.78 is 11.4. The van der Waals surface area contributed by atoms with E-state index >= 15 is 0 Å². The zero-order valence-electron chi connectivity index (χ0n) is 14.3. The molecule has 5 nitrogen and oxygen atoms in total. The molecular formula is C19H21N3O2. The van der Waals surface area contributed by atoms with Gasteiger partial charge in [0, 0.05) is 17.0 Å². The molecule has 0 unspecified atom stereocenters. The Morgan fingerprint density at radius 2 is 1.79 bits per heavy atom. The summed E-state index contributed by atoms with van der Waals surface area (Å²) in [7, 11) is 1.66. The molecule has 124 valence electrons. The van der Waals surface area contributed by atoms with Gasteiger partial charge in [-0.25, -0.2) is 9.97 Å². The van der Waals surface area contributed by atoms with Gasteiger partial charge in [0.25, 0.3) is 0 Å². The highest BCUT2D eigenvalue weighted by Gasteiger charge is 2.14. The zero-order valence-corrected chi connectivity index (χ0v) is 14.3. The van der Waals surface area contributed by atoms with E-state index in [4.69, 9.17) is 20.2 Å². The number of pyridine rings is 2. The molecule has 0 aliphatic carbocycles. The normalized spacial score (nSPS) is 11.0. The standard InChI is InChI=1S/C19H21N3O2/c1-11(2)24-17-10-15(14-6-5-7-18(20)21-14)22-19-12(3)16(23-4)9-8-13(17)19/h5-11H,1-4H3,(H2,20,21). The SMILES string of the molecule is COc1ccc2c(OC(C)C)cc(-c3cccc(N)n3)nc2c1C. The Kier molecular flexibility index (Phi) is 4.25. The van der Waals surface area contributed by atoms with Crippen molar-refractivity contribution in [3.05, 3.63) is 42.0 Å². The van der Waals surface area contributed by atoms with Crippen molar-refractivity contribution >= 4 is 16.7 Å². The number of ether oxygens (including phenoxy) is 2. The number of benzene rings is 1. The summed E-state index contributed by atoms with van der Waals surface area (Å²) in [6, 6.07) is 11.3. The smallest absolute Gasteiger partial charge is 0.131 e. The Morgan fingerprint density at radius 3 is 2.46 bits per heavy atom. The number of fused-ring (bicyclic) bond motifs is 1. The van der Waals surface area contributed by atoms with Gasteiger partial charge in [0.15, 0.2) is 0 Å². The fourth-order valence-electron chi connectivity index (χ4n) is 2.68. The Morgan fingerprint density at radius 1 is 1.00 bits per heavy atom. The largest absolute Gasteiger partial charge is 0.496 e. The minimum Gasteiger partial charge on any atom is -0.496 e. The van der Waals surface area contributed by atoms with Crippen LogP contribution in [0.3, 0.4) is 0 Å². The van der Waals surface area contributed by atoms with Crippen molar-refractivity contribution < 1.29 is 9.47 Å². The number of hydrogen-bond donors (Lipinski definition) is 1. The highest BCUT2D eigenvalue weighted by Crippen LogP contribution is 2.35. The lowest BCUT2D eigenvalue weighted by Crippen LogP contribution is -2.07. The van der Waals surface area contributed by atoms with Crippen molar-refractivity contribution in [3.8, 4) is 22.9 Å². The van der Waals surface area contributed by atoms with Crippen LogP contribution in [-0.2, 0) is 0 Å². The third-order valence-electron chi connectivity index (χ3n) is 3.76. The molecule has 0 amide bonds. The first-order chi connectivity index (χ1) is 11.5. The maximum Gasteiger partial charge on any atom is 0.131 e. The van der Waals surface area contributed by atoms with Crippen molar-refractivity contribution in [1.82, 2.24) is 9.97 Å². The summed E-state index contributed by atoms with van der Waals surface area (Å²) in [5, 5.41) is 0.953. The Balaban J connectivity index is 2.29. The number of methoxy groups -OCH3 is 1. The Hall–Kier alpha value is -2.82. The van der Waals surface area contributed by atoms with E-state index in [1.165, 1.54) is 0 Å². The van der Waals surface area contributed by atoms with Gasteiger partial charge in [-0.05, 0) is 45.0 Å². The zero-order chi connectivity index (χ0) is 17.3. The third-order valence-corrected chi connectivity index (χ3v) is 3.76. The second kappa shape index (κ2) is 6.35. The number of nitrogens with two attached hydrogens (primary N) is 1. The van der Waals surface area contributed by atoms with Gasteiger partial charge in [-0.15, -0.1) is 0 Å². The molecule has 2 aromatic heterocycles. The third kappa shape index (κ3) is 2.97. The van der Waals surface area contributed by atoms with Crippen molar-refractivity contribution in [2.45, 2.75) is 26.9 Å². The van der Waals surface area contributed by atoms with Crippen LogP contribution in [0.2, 0.25) is 0 Å². The number of aryl methyl sites for hydroxylation is 1. The second-order valence-corrected chi connectivity index (χ2v) is 5.91. The fourth-order valence-corrected chi connectivity index (χ4v) is 2.68. The molecule has 0 aliphatic rings. The van der Waals surface area contributed by atoms with E-state index in [2.05, 4.69) is 4.98 Å². The van der Waals surface area contributed by atoms with Gasteiger partial charge >= 0.3 is 0 Å². The predicted octanol–water partition coefficient (Wildman–Crippen LogP) is 3.98. The monoisotopic (exact) mass is 323 g/mol. The highest BCUT2D eigenvalue weighted by molar-refractivity contribution is 5.91. The van der Waals surface area contributed by atoms with E-state index in [0.717, 1.165) is 33.7 Å². The number of rotatable bonds is 4. The summed E-state index contributed by atoms with van der Waals surface area (Å²) in [6.07, 6.45) is 0.0552. The van der Waals surface area contributed by atoms with Crippen LogP contribution in [0, 0.1) is 6.92 Å². The van der Waals surface area contributed by atoms with Gasteiger partial charge in [-0.3, -0.25) is 0 Å². The minimum absolute atomic E-state index is 0.0552. The molecule has 0 spiro atoms. The summed E-state index contributed by atoms with van der Waals surface area (Å²) in [5.41, 5.74) is 9.06. The van der Waals surface area contributed by atoms with Crippen molar-refractivity contribution in [2.75, 3.05) is 12.8 Å². The van der Waals surface area contributed by atoms with Gasteiger partial charge < -0.3 is 15.2 Å². The maximum absolute atomic E-state index is 6.01. The molecule has 0 aliphatic heterocycles. The van der Waals surface area contributed by atoms with Crippen LogP contribution >= 0.6 is 0 Å². The summed E-state index contributed by atoms with van der Waals surface area (Å²) in [4.78, 5) is 9.16. The molecule has 0 atom stereocenters. The summed E-state index contributed by atoms with van der Waals surface area (Å²) >= 11 is 0. The van der Waals surface area contributed by atoms with Crippen LogP contribution in [-0.4, -0.2) is 23.2 Å². The van der Waals surface area contributed by atoms with E-state index in [1.54, 1.807) is 13.2 Å². The minimum atomic E-state index is 0.0552. The lowest BCUT2D eigenvalue weighted by molar-refractivity contribution is 0.245. The molecule has 2 N–H and O–H groups in total. The first kappa shape index (κ1) is 16.1. The summed E-state index contributed by atoms with van der Waals surface area (Å²) in [5.74, 6) is 2.03. The molecule has 3 aromatic rings. The lowest BCUT2D eigenvalue weighted by atomic mass is 10.1. The summed E-state index contributed by atoms with van der Waals surface area (Å²) in [6.45, 7) is 5.99. The van der Waals surface area contributed by atoms with E-state index in [0.29, 0.717) is 11.5 Å². The number of anilines is 1. The quantitative estimate of drug-likeness (QED) is 0.786. The van der Waals surface area contributed by atoms with Gasteiger partial charge in [-0.2, -0.15) is 0 Å². The van der Waals surface area contributed by atoms with Crippen LogP contribution in [0.4, 0.5) is 5.82 Å². The molecule has 3 rings (SSSR count). The fraction of sp³-hybridized carbons (Fsp3) is 0.263. The maximum atomic E-state index is 6.01.